The molecule has 0 radical (unpaired) electrons. The van der Waals surface area contributed by atoms with Crippen LogP contribution in [0, 0.1) is 5.92 Å². The van der Waals surface area contributed by atoms with Crippen molar-refractivity contribution >= 4 is 29.4 Å². The first-order chi connectivity index (χ1) is 22.7. The molecule has 10 nitrogen and oxygen atoms in total. The van der Waals surface area contributed by atoms with Gasteiger partial charge in [-0.05, 0) is 67.5 Å². The topological polar surface area (TPSA) is 100 Å². The van der Waals surface area contributed by atoms with Crippen molar-refractivity contribution in [2.24, 2.45) is 5.92 Å². The van der Waals surface area contributed by atoms with Gasteiger partial charge < -0.3 is 25.8 Å². The number of likely N-dealkylation sites (tertiary alicyclic amines) is 1. The molecule has 2 saturated heterocycles. The fourth-order valence-electron chi connectivity index (χ4n) is 7.16. The van der Waals surface area contributed by atoms with Crippen LogP contribution in [0.4, 0.5) is 4.79 Å². The summed E-state index contributed by atoms with van der Waals surface area (Å²) in [6, 6.07) is 15.4. The van der Waals surface area contributed by atoms with E-state index in [0.29, 0.717) is 43.0 Å². The van der Waals surface area contributed by atoms with E-state index in [1.165, 1.54) is 5.56 Å². The number of piperazine rings is 1. The van der Waals surface area contributed by atoms with E-state index in [-0.39, 0.29) is 30.3 Å². The van der Waals surface area contributed by atoms with Gasteiger partial charge in [-0.2, -0.15) is 0 Å². The third-order valence-corrected chi connectivity index (χ3v) is 9.83. The van der Waals surface area contributed by atoms with Crippen molar-refractivity contribution in [3.05, 3.63) is 70.2 Å². The monoisotopic (exact) mass is 665 g/mol. The Kier molecular flexibility index (Phi) is 12.5. The SMILES string of the molecule is CCNC(=O)N1CCC(N(CC(C)C)N2CCN(C(=O)C(Cc3ccc(Cl)cc3)NC(=O)CC3NCCc4ccccc43)CC2)CC1. The lowest BCUT2D eigenvalue weighted by Crippen LogP contribution is -2.62. The van der Waals surface area contributed by atoms with Gasteiger partial charge in [0.15, 0.2) is 0 Å². The van der Waals surface area contributed by atoms with Crippen molar-refractivity contribution in [2.75, 3.05) is 58.9 Å². The van der Waals surface area contributed by atoms with Crippen LogP contribution in [0.3, 0.4) is 0 Å². The minimum atomic E-state index is -0.667. The number of carbonyl (C=O) groups excluding carboxylic acids is 3. The molecule has 3 N–H and O–H groups in total. The quantitative estimate of drug-likeness (QED) is 0.337. The van der Waals surface area contributed by atoms with Gasteiger partial charge >= 0.3 is 6.03 Å². The molecule has 3 heterocycles. The Bertz CT molecular complexity index is 1340. The van der Waals surface area contributed by atoms with Gasteiger partial charge in [-0.15, -0.1) is 0 Å². The number of hydrazine groups is 1. The number of nitrogens with zero attached hydrogens (tertiary/aromatic N) is 4. The number of urea groups is 1. The van der Waals surface area contributed by atoms with Crippen LogP contribution in [0.25, 0.3) is 0 Å². The number of nitrogens with one attached hydrogen (secondary N) is 3. The molecular formula is C36H52ClN7O3. The largest absolute Gasteiger partial charge is 0.344 e. The lowest BCUT2D eigenvalue weighted by molar-refractivity contribution is -0.144. The predicted octanol–water partition coefficient (Wildman–Crippen LogP) is 3.86. The number of hydrogen-bond acceptors (Lipinski definition) is 6. The molecule has 0 aliphatic carbocycles. The lowest BCUT2D eigenvalue weighted by atomic mass is 9.92. The van der Waals surface area contributed by atoms with Crippen molar-refractivity contribution in [3.63, 3.8) is 0 Å². The summed E-state index contributed by atoms with van der Waals surface area (Å²) < 4.78 is 0. The van der Waals surface area contributed by atoms with Gasteiger partial charge in [0.25, 0.3) is 0 Å². The summed E-state index contributed by atoms with van der Waals surface area (Å²) in [6.07, 6.45) is 3.48. The Morgan fingerprint density at radius 1 is 0.957 bits per heavy atom. The Hall–Kier alpha value is -3.18. The smallest absolute Gasteiger partial charge is 0.317 e. The molecule has 2 aromatic carbocycles. The molecule has 3 aliphatic rings. The van der Waals surface area contributed by atoms with Gasteiger partial charge in [-0.3, -0.25) is 9.59 Å². The first-order valence-electron chi connectivity index (χ1n) is 17.4. The van der Waals surface area contributed by atoms with E-state index in [1.807, 2.05) is 53.1 Å². The third-order valence-electron chi connectivity index (χ3n) is 9.58. The van der Waals surface area contributed by atoms with Crippen LogP contribution in [-0.4, -0.2) is 109 Å². The highest BCUT2D eigenvalue weighted by molar-refractivity contribution is 6.30. The fourth-order valence-corrected chi connectivity index (χ4v) is 7.29. The second kappa shape index (κ2) is 16.8. The molecular weight excluding hydrogens is 614 g/mol. The molecule has 0 saturated carbocycles. The summed E-state index contributed by atoms with van der Waals surface area (Å²) in [5.41, 5.74) is 3.39. The van der Waals surface area contributed by atoms with E-state index >= 15 is 0 Å². The Labute approximate surface area is 285 Å². The zero-order valence-electron chi connectivity index (χ0n) is 28.2. The van der Waals surface area contributed by atoms with E-state index in [1.54, 1.807) is 0 Å². The van der Waals surface area contributed by atoms with Crippen molar-refractivity contribution in [1.82, 2.24) is 35.8 Å². The van der Waals surface area contributed by atoms with Gasteiger partial charge in [0, 0.05) is 82.3 Å². The van der Waals surface area contributed by atoms with E-state index in [0.717, 1.165) is 69.7 Å². The first-order valence-corrected chi connectivity index (χ1v) is 17.8. The maximum atomic E-state index is 14.1. The Morgan fingerprint density at radius 3 is 2.34 bits per heavy atom. The summed E-state index contributed by atoms with van der Waals surface area (Å²) in [5.74, 6) is 0.309. The molecule has 2 atom stereocenters. The number of halogens is 1. The average Bonchev–Trinajstić information content (AvgIpc) is 3.08. The van der Waals surface area contributed by atoms with Crippen LogP contribution in [0.2, 0.25) is 5.02 Å². The van der Waals surface area contributed by atoms with Gasteiger partial charge in [0.1, 0.15) is 6.04 Å². The maximum absolute atomic E-state index is 14.1. The third kappa shape index (κ3) is 9.47. The second-order valence-corrected chi connectivity index (χ2v) is 13.9. The van der Waals surface area contributed by atoms with Crippen LogP contribution in [0.5, 0.6) is 0 Å². The number of benzene rings is 2. The normalized spacial score (nSPS) is 19.8. The van der Waals surface area contributed by atoms with Crippen molar-refractivity contribution < 1.29 is 14.4 Å². The number of rotatable bonds is 11. The van der Waals surface area contributed by atoms with E-state index in [9.17, 15) is 14.4 Å². The lowest BCUT2D eigenvalue weighted by Gasteiger charge is -2.47. The average molecular weight is 666 g/mol. The summed E-state index contributed by atoms with van der Waals surface area (Å²) >= 11 is 6.15. The summed E-state index contributed by atoms with van der Waals surface area (Å²) in [6.45, 7) is 13.0. The van der Waals surface area contributed by atoms with Crippen LogP contribution in [0.1, 0.15) is 62.8 Å². The van der Waals surface area contributed by atoms with E-state index in [4.69, 9.17) is 11.6 Å². The van der Waals surface area contributed by atoms with E-state index in [2.05, 4.69) is 51.9 Å². The molecule has 5 rings (SSSR count). The molecule has 0 spiro atoms. The van der Waals surface area contributed by atoms with E-state index < -0.39 is 6.04 Å². The minimum absolute atomic E-state index is 0.0218. The standard InChI is InChI=1S/C36H52ClN7O3/c1-4-38-36(47)42-17-14-30(15-18-42)44(25-26(2)3)43-21-19-41(20-22-43)35(46)33(23-27-9-11-29(37)12-10-27)40-34(45)24-32-31-8-6-5-7-28(31)13-16-39-32/h5-12,26,30,32-33,39H,4,13-25H2,1-3H3,(H,38,47)(H,40,45). The second-order valence-electron chi connectivity index (χ2n) is 13.5. The maximum Gasteiger partial charge on any atom is 0.317 e. The Morgan fingerprint density at radius 2 is 1.66 bits per heavy atom. The number of hydrogen-bond donors (Lipinski definition) is 3. The highest BCUT2D eigenvalue weighted by atomic mass is 35.5. The number of piperidine rings is 1. The van der Waals surface area contributed by atoms with Gasteiger partial charge in [-0.1, -0.05) is 61.8 Å². The highest BCUT2D eigenvalue weighted by Crippen LogP contribution is 2.26. The molecule has 0 bridgehead atoms. The van der Waals surface area contributed by atoms with Gasteiger partial charge in [-0.25, -0.2) is 14.8 Å². The number of amides is 4. The van der Waals surface area contributed by atoms with Crippen molar-refractivity contribution in [1.29, 1.82) is 0 Å². The fraction of sp³-hybridized carbons (Fsp3) is 0.583. The first kappa shape index (κ1) is 35.1. The van der Waals surface area contributed by atoms with Gasteiger partial charge in [0.2, 0.25) is 11.8 Å². The van der Waals surface area contributed by atoms with Crippen LogP contribution in [0.15, 0.2) is 48.5 Å². The zero-order valence-corrected chi connectivity index (χ0v) is 29.0. The Balaban J connectivity index is 1.22. The molecule has 4 amide bonds. The molecule has 0 aromatic heterocycles. The molecule has 11 heteroatoms. The highest BCUT2D eigenvalue weighted by Gasteiger charge is 2.35. The van der Waals surface area contributed by atoms with Gasteiger partial charge in [0.05, 0.1) is 0 Å². The summed E-state index contributed by atoms with van der Waals surface area (Å²) in [5, 5.41) is 15.1. The van der Waals surface area contributed by atoms with Crippen molar-refractivity contribution in [2.45, 2.75) is 71.0 Å². The number of carbonyl (C=O) groups is 3. The molecule has 256 valence electrons. The number of fused-ring (bicyclic) bond motifs is 1. The van der Waals surface area contributed by atoms with Crippen molar-refractivity contribution in [3.8, 4) is 0 Å². The predicted molar refractivity (Wildman–Crippen MR) is 186 cm³/mol. The van der Waals surface area contributed by atoms with Crippen LogP contribution < -0.4 is 16.0 Å². The minimum Gasteiger partial charge on any atom is -0.344 e. The molecule has 2 aromatic rings. The van der Waals surface area contributed by atoms with Crippen LogP contribution >= 0.6 is 11.6 Å². The summed E-state index contributed by atoms with van der Waals surface area (Å²) in [7, 11) is 0. The van der Waals surface area contributed by atoms with Crippen LogP contribution in [-0.2, 0) is 22.4 Å². The molecule has 2 fully saturated rings. The zero-order chi connectivity index (χ0) is 33.3. The molecule has 2 unspecified atom stereocenters. The molecule has 47 heavy (non-hydrogen) atoms. The molecule has 3 aliphatic heterocycles. The summed E-state index contributed by atoms with van der Waals surface area (Å²) in [4.78, 5) is 43.8.